The smallest absolute Gasteiger partial charge is 0.225 e. The SMILES string of the molecule is Cc1cc(Oc2ccc(N)c3ccccc23)nc(Cl)n1. The first kappa shape index (κ1) is 12.7. The summed E-state index contributed by atoms with van der Waals surface area (Å²) in [6, 6.07) is 13.2. The van der Waals surface area contributed by atoms with Crippen molar-refractivity contribution >= 4 is 28.1 Å². The van der Waals surface area contributed by atoms with E-state index in [0.717, 1.165) is 16.5 Å². The van der Waals surface area contributed by atoms with Crippen molar-refractivity contribution in [1.82, 2.24) is 9.97 Å². The summed E-state index contributed by atoms with van der Waals surface area (Å²) < 4.78 is 5.82. The van der Waals surface area contributed by atoms with E-state index in [1.165, 1.54) is 0 Å². The molecule has 20 heavy (non-hydrogen) atoms. The van der Waals surface area contributed by atoms with E-state index in [0.29, 0.717) is 17.3 Å². The molecule has 0 spiro atoms. The molecule has 1 aromatic heterocycles. The third-order valence-corrected chi connectivity index (χ3v) is 3.10. The van der Waals surface area contributed by atoms with Crippen LogP contribution in [0, 0.1) is 6.92 Å². The minimum atomic E-state index is 0.166. The summed E-state index contributed by atoms with van der Waals surface area (Å²) in [5, 5.41) is 2.04. The van der Waals surface area contributed by atoms with Gasteiger partial charge in [-0.2, -0.15) is 4.98 Å². The van der Waals surface area contributed by atoms with Gasteiger partial charge in [-0.3, -0.25) is 0 Å². The lowest BCUT2D eigenvalue weighted by Crippen LogP contribution is -1.94. The number of halogens is 1. The molecule has 2 aromatic carbocycles. The molecule has 100 valence electrons. The van der Waals surface area contributed by atoms with Crippen molar-refractivity contribution in [2.24, 2.45) is 0 Å². The lowest BCUT2D eigenvalue weighted by Gasteiger charge is -2.10. The van der Waals surface area contributed by atoms with Crippen LogP contribution in [0.2, 0.25) is 5.28 Å². The van der Waals surface area contributed by atoms with Crippen molar-refractivity contribution in [3.63, 3.8) is 0 Å². The average molecular weight is 286 g/mol. The molecule has 0 aliphatic rings. The molecule has 0 bridgehead atoms. The fourth-order valence-electron chi connectivity index (χ4n) is 2.05. The number of nitrogens with zero attached hydrogens (tertiary/aromatic N) is 2. The van der Waals surface area contributed by atoms with Gasteiger partial charge in [0.1, 0.15) is 5.75 Å². The Bertz CT molecular complexity index is 769. The highest BCUT2D eigenvalue weighted by atomic mass is 35.5. The van der Waals surface area contributed by atoms with E-state index >= 15 is 0 Å². The van der Waals surface area contributed by atoms with Crippen molar-refractivity contribution in [3.8, 4) is 11.6 Å². The van der Waals surface area contributed by atoms with Gasteiger partial charge in [-0.25, -0.2) is 4.98 Å². The first-order chi connectivity index (χ1) is 9.63. The molecule has 1 heterocycles. The summed E-state index contributed by atoms with van der Waals surface area (Å²) in [6.45, 7) is 1.83. The summed E-state index contributed by atoms with van der Waals surface area (Å²) in [7, 11) is 0. The number of aromatic nitrogens is 2. The van der Waals surface area contributed by atoms with E-state index in [4.69, 9.17) is 22.1 Å². The van der Waals surface area contributed by atoms with Crippen LogP contribution in [0.5, 0.6) is 11.6 Å². The second-order valence-electron chi connectivity index (χ2n) is 4.42. The van der Waals surface area contributed by atoms with Gasteiger partial charge >= 0.3 is 0 Å². The van der Waals surface area contributed by atoms with Crippen molar-refractivity contribution in [1.29, 1.82) is 0 Å². The molecule has 3 aromatic rings. The number of ether oxygens (including phenoxy) is 1. The number of benzene rings is 2. The zero-order valence-electron chi connectivity index (χ0n) is 10.8. The summed E-state index contributed by atoms with van der Waals surface area (Å²) in [5.41, 5.74) is 7.43. The maximum atomic E-state index is 5.96. The Morgan fingerprint density at radius 3 is 2.55 bits per heavy atom. The average Bonchev–Trinajstić information content (AvgIpc) is 2.41. The minimum Gasteiger partial charge on any atom is -0.438 e. The summed E-state index contributed by atoms with van der Waals surface area (Å²) >= 11 is 5.84. The van der Waals surface area contributed by atoms with Crippen LogP contribution in [-0.4, -0.2) is 9.97 Å². The van der Waals surface area contributed by atoms with Crippen molar-refractivity contribution < 1.29 is 4.74 Å². The quantitative estimate of drug-likeness (QED) is 0.572. The van der Waals surface area contributed by atoms with Crippen LogP contribution in [0.3, 0.4) is 0 Å². The molecule has 0 aliphatic heterocycles. The monoisotopic (exact) mass is 285 g/mol. The molecule has 0 saturated heterocycles. The zero-order chi connectivity index (χ0) is 14.1. The van der Waals surface area contributed by atoms with Gasteiger partial charge in [0.15, 0.2) is 0 Å². The first-order valence-electron chi connectivity index (χ1n) is 6.10. The van der Waals surface area contributed by atoms with Gasteiger partial charge in [-0.1, -0.05) is 24.3 Å². The Morgan fingerprint density at radius 2 is 1.80 bits per heavy atom. The normalized spacial score (nSPS) is 10.7. The minimum absolute atomic E-state index is 0.166. The van der Waals surface area contributed by atoms with Crippen LogP contribution in [0.25, 0.3) is 10.8 Å². The van der Waals surface area contributed by atoms with Gasteiger partial charge in [-0.05, 0) is 30.7 Å². The summed E-state index contributed by atoms with van der Waals surface area (Å²) in [4.78, 5) is 8.07. The third kappa shape index (κ3) is 2.38. The van der Waals surface area contributed by atoms with Crippen molar-refractivity contribution in [3.05, 3.63) is 53.4 Å². The van der Waals surface area contributed by atoms with E-state index in [9.17, 15) is 0 Å². The van der Waals surface area contributed by atoms with E-state index in [2.05, 4.69) is 9.97 Å². The number of fused-ring (bicyclic) bond motifs is 1. The molecular weight excluding hydrogens is 274 g/mol. The molecule has 0 saturated carbocycles. The van der Waals surface area contributed by atoms with E-state index < -0.39 is 0 Å². The van der Waals surface area contributed by atoms with Crippen LogP contribution >= 0.6 is 11.6 Å². The van der Waals surface area contributed by atoms with E-state index in [-0.39, 0.29) is 5.28 Å². The molecular formula is C15H12ClN3O. The summed E-state index contributed by atoms with van der Waals surface area (Å²) in [5.74, 6) is 1.10. The van der Waals surface area contributed by atoms with Crippen LogP contribution in [-0.2, 0) is 0 Å². The third-order valence-electron chi connectivity index (χ3n) is 2.94. The molecule has 5 heteroatoms. The van der Waals surface area contributed by atoms with Gasteiger partial charge in [-0.15, -0.1) is 0 Å². The van der Waals surface area contributed by atoms with Crippen molar-refractivity contribution in [2.75, 3.05) is 5.73 Å². The van der Waals surface area contributed by atoms with E-state index in [1.54, 1.807) is 6.07 Å². The predicted octanol–water partition coefficient (Wildman–Crippen LogP) is 3.97. The lowest BCUT2D eigenvalue weighted by molar-refractivity contribution is 0.466. The number of nitrogens with two attached hydrogens (primary N) is 1. The molecule has 0 atom stereocenters. The van der Waals surface area contributed by atoms with Gasteiger partial charge in [0.25, 0.3) is 0 Å². The predicted molar refractivity (Wildman–Crippen MR) is 80.2 cm³/mol. The number of hydrogen-bond donors (Lipinski definition) is 1. The Labute approximate surface area is 121 Å². The molecule has 0 amide bonds. The maximum absolute atomic E-state index is 5.96. The highest BCUT2D eigenvalue weighted by molar-refractivity contribution is 6.28. The molecule has 0 unspecified atom stereocenters. The van der Waals surface area contributed by atoms with Gasteiger partial charge in [0, 0.05) is 28.2 Å². The lowest BCUT2D eigenvalue weighted by atomic mass is 10.1. The molecule has 0 radical (unpaired) electrons. The number of nitrogen functional groups attached to an aromatic ring is 1. The zero-order valence-corrected chi connectivity index (χ0v) is 11.6. The Kier molecular flexibility index (Phi) is 3.16. The van der Waals surface area contributed by atoms with Crippen LogP contribution < -0.4 is 10.5 Å². The van der Waals surface area contributed by atoms with Crippen molar-refractivity contribution in [2.45, 2.75) is 6.92 Å². The second kappa shape index (κ2) is 4.98. The van der Waals surface area contributed by atoms with Gasteiger partial charge in [0.2, 0.25) is 11.2 Å². The fraction of sp³-hybridized carbons (Fsp3) is 0.0667. The standard InChI is InChI=1S/C15H12ClN3O/c1-9-8-14(19-15(16)18-9)20-13-7-6-12(17)10-4-2-3-5-11(10)13/h2-8H,17H2,1H3. The number of anilines is 1. The van der Waals surface area contributed by atoms with Crippen LogP contribution in [0.1, 0.15) is 5.69 Å². The molecule has 2 N–H and O–H groups in total. The fourth-order valence-corrected chi connectivity index (χ4v) is 2.27. The largest absolute Gasteiger partial charge is 0.438 e. The Hall–Kier alpha value is -2.33. The van der Waals surface area contributed by atoms with Crippen LogP contribution in [0.4, 0.5) is 5.69 Å². The number of rotatable bonds is 2. The second-order valence-corrected chi connectivity index (χ2v) is 4.76. The molecule has 0 aliphatic carbocycles. The Balaban J connectivity index is 2.09. The first-order valence-corrected chi connectivity index (χ1v) is 6.47. The van der Waals surface area contributed by atoms with Gasteiger partial charge < -0.3 is 10.5 Å². The van der Waals surface area contributed by atoms with E-state index in [1.807, 2.05) is 43.3 Å². The topological polar surface area (TPSA) is 61.0 Å². The molecule has 3 rings (SSSR count). The molecule has 4 nitrogen and oxygen atoms in total. The highest BCUT2D eigenvalue weighted by Crippen LogP contribution is 2.32. The Morgan fingerprint density at radius 1 is 1.05 bits per heavy atom. The number of aryl methyl sites for hydroxylation is 1. The number of hydrogen-bond acceptors (Lipinski definition) is 4. The highest BCUT2D eigenvalue weighted by Gasteiger charge is 2.08. The van der Waals surface area contributed by atoms with Crippen LogP contribution in [0.15, 0.2) is 42.5 Å². The summed E-state index contributed by atoms with van der Waals surface area (Å²) in [6.07, 6.45) is 0. The molecule has 0 fully saturated rings. The maximum Gasteiger partial charge on any atom is 0.225 e. The van der Waals surface area contributed by atoms with Gasteiger partial charge in [0.05, 0.1) is 0 Å².